The van der Waals surface area contributed by atoms with Crippen molar-refractivity contribution < 1.29 is 5.11 Å². The van der Waals surface area contributed by atoms with Gasteiger partial charge >= 0.3 is 0 Å². The molecular weight excluding hydrogens is 294 g/mol. The van der Waals surface area contributed by atoms with Crippen molar-refractivity contribution in [3.8, 4) is 0 Å². The summed E-state index contributed by atoms with van der Waals surface area (Å²) in [6, 6.07) is 6.97. The second kappa shape index (κ2) is 9.39. The first kappa shape index (κ1) is 19.2. The van der Waals surface area contributed by atoms with E-state index in [0.29, 0.717) is 0 Å². The monoisotopic (exact) mass is 329 g/mol. The second-order valence-corrected chi connectivity index (χ2v) is 7.73. The number of benzene rings is 1. The minimum absolute atomic E-state index is 0.0213. The Kier molecular flexibility index (Phi) is 7.51. The third-order valence-electron chi connectivity index (χ3n) is 5.42. The lowest BCUT2D eigenvalue weighted by molar-refractivity contribution is 0.173. The van der Waals surface area contributed by atoms with Crippen LogP contribution in [0.1, 0.15) is 69.1 Å². The minimum Gasteiger partial charge on any atom is -0.394 e. The van der Waals surface area contributed by atoms with Gasteiger partial charge in [-0.1, -0.05) is 69.4 Å². The maximum Gasteiger partial charge on any atom is 0.0614 e. The molecular formula is C22H35NO. The molecule has 0 saturated heterocycles. The molecule has 1 aliphatic carbocycles. The number of aliphatic hydroxyl groups excluding tert-OH is 1. The second-order valence-electron chi connectivity index (χ2n) is 7.73. The molecule has 3 N–H and O–H groups in total. The number of hydrogen-bond acceptors (Lipinski definition) is 2. The molecule has 0 aromatic heterocycles. The normalized spacial score (nSPS) is 19.6. The van der Waals surface area contributed by atoms with Crippen molar-refractivity contribution in [3.05, 3.63) is 47.0 Å². The number of aryl methyl sites for hydroxylation is 1. The van der Waals surface area contributed by atoms with Crippen LogP contribution < -0.4 is 5.73 Å². The predicted molar refractivity (Wildman–Crippen MR) is 103 cm³/mol. The van der Waals surface area contributed by atoms with Gasteiger partial charge in [-0.2, -0.15) is 0 Å². The predicted octanol–water partition coefficient (Wildman–Crippen LogP) is 4.57. The first-order valence-corrected chi connectivity index (χ1v) is 9.74. The number of hydrogen-bond donors (Lipinski definition) is 2. The quantitative estimate of drug-likeness (QED) is 0.515. The molecule has 0 amide bonds. The molecule has 24 heavy (non-hydrogen) atoms. The summed E-state index contributed by atoms with van der Waals surface area (Å²) < 4.78 is 0. The molecule has 0 unspecified atom stereocenters. The zero-order valence-corrected chi connectivity index (χ0v) is 15.6. The Morgan fingerprint density at radius 3 is 2.62 bits per heavy atom. The lowest BCUT2D eigenvalue weighted by Crippen LogP contribution is -2.47. The van der Waals surface area contributed by atoms with Crippen LogP contribution in [-0.4, -0.2) is 17.3 Å². The van der Waals surface area contributed by atoms with Gasteiger partial charge in [-0.25, -0.2) is 0 Å². The summed E-state index contributed by atoms with van der Waals surface area (Å²) in [6.07, 6.45) is 15.6. The van der Waals surface area contributed by atoms with E-state index in [4.69, 9.17) is 5.73 Å². The van der Waals surface area contributed by atoms with Gasteiger partial charge in [0, 0.05) is 11.5 Å². The number of nitrogens with two attached hydrogens (primary N) is 1. The smallest absolute Gasteiger partial charge is 0.0614 e. The number of aliphatic hydroxyl groups is 1. The number of fused-ring (bicyclic) bond motifs is 1. The molecule has 0 bridgehead atoms. The highest BCUT2D eigenvalue weighted by atomic mass is 16.3. The average molecular weight is 330 g/mol. The van der Waals surface area contributed by atoms with Crippen LogP contribution >= 0.6 is 0 Å². The van der Waals surface area contributed by atoms with Gasteiger partial charge in [0.1, 0.15) is 0 Å². The Morgan fingerprint density at radius 2 is 1.88 bits per heavy atom. The molecule has 1 aliphatic rings. The fourth-order valence-corrected chi connectivity index (χ4v) is 3.57. The first-order valence-electron chi connectivity index (χ1n) is 9.74. The summed E-state index contributed by atoms with van der Waals surface area (Å²) in [6.45, 7) is 4.23. The molecule has 2 heteroatoms. The molecule has 0 radical (unpaired) electrons. The van der Waals surface area contributed by atoms with Gasteiger partial charge in [-0.05, 0) is 49.3 Å². The van der Waals surface area contributed by atoms with Crippen LogP contribution in [0.3, 0.4) is 0 Å². The van der Waals surface area contributed by atoms with Crippen molar-refractivity contribution in [2.24, 2.45) is 11.7 Å². The van der Waals surface area contributed by atoms with E-state index in [1.807, 2.05) is 6.92 Å². The summed E-state index contributed by atoms with van der Waals surface area (Å²) >= 11 is 0. The summed E-state index contributed by atoms with van der Waals surface area (Å²) in [5, 5.41) is 9.55. The summed E-state index contributed by atoms with van der Waals surface area (Å²) in [5.41, 5.74) is 10.0. The standard InChI is InChI=1S/C22H35NO/c1-3-4-5-6-7-8-10-18-13-14-20-16-21(22(2,23)17-24)12-9-11-19(20)15-18/h9,12-15,21,24H,3-8,10-11,16-17,23H2,1-2H3/t21-,22+/m0/s1. The fraction of sp³-hybridized carbons (Fsp3) is 0.636. The Labute approximate surface area is 148 Å². The lowest BCUT2D eigenvalue weighted by Gasteiger charge is -2.30. The van der Waals surface area contributed by atoms with Crippen molar-refractivity contribution in [2.45, 2.75) is 77.2 Å². The van der Waals surface area contributed by atoms with Crippen LogP contribution in [0.4, 0.5) is 0 Å². The molecule has 1 aromatic rings. The maximum absolute atomic E-state index is 9.55. The highest BCUT2D eigenvalue weighted by molar-refractivity contribution is 5.36. The van der Waals surface area contributed by atoms with E-state index in [9.17, 15) is 5.11 Å². The Balaban J connectivity index is 1.92. The largest absolute Gasteiger partial charge is 0.394 e. The van der Waals surface area contributed by atoms with Crippen LogP contribution in [0.15, 0.2) is 30.4 Å². The number of unbranched alkanes of at least 4 members (excludes halogenated alkanes) is 5. The van der Waals surface area contributed by atoms with Gasteiger partial charge in [0.2, 0.25) is 0 Å². The van der Waals surface area contributed by atoms with Crippen molar-refractivity contribution >= 4 is 0 Å². The van der Waals surface area contributed by atoms with Crippen LogP contribution in [0.25, 0.3) is 0 Å². The van der Waals surface area contributed by atoms with E-state index in [0.717, 1.165) is 12.8 Å². The first-order chi connectivity index (χ1) is 11.6. The third-order valence-corrected chi connectivity index (χ3v) is 5.42. The zero-order chi connectivity index (χ0) is 17.4. The summed E-state index contributed by atoms with van der Waals surface area (Å²) in [7, 11) is 0. The molecule has 0 spiro atoms. The molecule has 1 aromatic carbocycles. The van der Waals surface area contributed by atoms with E-state index >= 15 is 0 Å². The highest BCUT2D eigenvalue weighted by Gasteiger charge is 2.29. The van der Waals surface area contributed by atoms with Crippen molar-refractivity contribution in [2.75, 3.05) is 6.61 Å². The van der Waals surface area contributed by atoms with Gasteiger partial charge < -0.3 is 10.8 Å². The molecule has 0 heterocycles. The number of rotatable bonds is 9. The molecule has 0 fully saturated rings. The van der Waals surface area contributed by atoms with E-state index in [2.05, 4.69) is 37.3 Å². The molecule has 2 nitrogen and oxygen atoms in total. The van der Waals surface area contributed by atoms with E-state index in [1.165, 1.54) is 61.6 Å². The lowest BCUT2D eigenvalue weighted by atomic mass is 9.82. The molecule has 2 rings (SSSR count). The SMILES string of the molecule is CCCCCCCCc1ccc2c(c1)CC=C[C@H]([C@](C)(N)CO)C2. The highest BCUT2D eigenvalue weighted by Crippen LogP contribution is 2.27. The van der Waals surface area contributed by atoms with Gasteiger partial charge in [-0.3, -0.25) is 0 Å². The van der Waals surface area contributed by atoms with Crippen LogP contribution in [0.2, 0.25) is 0 Å². The van der Waals surface area contributed by atoms with Gasteiger partial charge in [0.15, 0.2) is 0 Å². The van der Waals surface area contributed by atoms with E-state index in [-0.39, 0.29) is 12.5 Å². The molecule has 2 atom stereocenters. The van der Waals surface area contributed by atoms with Crippen LogP contribution in [0.5, 0.6) is 0 Å². The summed E-state index contributed by atoms with van der Waals surface area (Å²) in [5.74, 6) is 0.202. The Morgan fingerprint density at radius 1 is 1.12 bits per heavy atom. The Hall–Kier alpha value is -1.12. The minimum atomic E-state index is -0.546. The summed E-state index contributed by atoms with van der Waals surface area (Å²) in [4.78, 5) is 0. The molecule has 0 saturated carbocycles. The topological polar surface area (TPSA) is 46.2 Å². The number of allylic oxidation sites excluding steroid dienone is 1. The average Bonchev–Trinajstić information content (AvgIpc) is 2.80. The van der Waals surface area contributed by atoms with Crippen molar-refractivity contribution in [1.82, 2.24) is 0 Å². The van der Waals surface area contributed by atoms with E-state index in [1.54, 1.807) is 0 Å². The van der Waals surface area contributed by atoms with Gasteiger partial charge in [0.05, 0.1) is 6.61 Å². The van der Waals surface area contributed by atoms with Crippen LogP contribution in [-0.2, 0) is 19.3 Å². The molecule has 0 aliphatic heterocycles. The molecule has 134 valence electrons. The van der Waals surface area contributed by atoms with Crippen molar-refractivity contribution in [3.63, 3.8) is 0 Å². The fourth-order valence-electron chi connectivity index (χ4n) is 3.57. The van der Waals surface area contributed by atoms with Crippen molar-refractivity contribution in [1.29, 1.82) is 0 Å². The van der Waals surface area contributed by atoms with Gasteiger partial charge in [0.25, 0.3) is 0 Å². The van der Waals surface area contributed by atoms with Crippen LogP contribution in [0, 0.1) is 5.92 Å². The third kappa shape index (κ3) is 5.46. The van der Waals surface area contributed by atoms with Gasteiger partial charge in [-0.15, -0.1) is 0 Å². The maximum atomic E-state index is 9.55. The Bertz CT molecular complexity index is 533. The van der Waals surface area contributed by atoms with E-state index < -0.39 is 5.54 Å². The zero-order valence-electron chi connectivity index (χ0n) is 15.6.